The van der Waals surface area contributed by atoms with Crippen LogP contribution in [0.5, 0.6) is 0 Å². The minimum atomic E-state index is -0.208. The number of likely N-dealkylation sites (tertiary alicyclic amines) is 1. The molecule has 0 radical (unpaired) electrons. The zero-order chi connectivity index (χ0) is 9.68. The van der Waals surface area contributed by atoms with Crippen LogP contribution in [-0.2, 0) is 0 Å². The topological polar surface area (TPSA) is 15.3 Å². The average Bonchev–Trinajstić information content (AvgIpc) is 2.18. The molecule has 1 N–H and O–H groups in total. The molecule has 13 heavy (non-hydrogen) atoms. The van der Waals surface area contributed by atoms with Crippen LogP contribution in [0.15, 0.2) is 0 Å². The van der Waals surface area contributed by atoms with Gasteiger partial charge in [0, 0.05) is 19.1 Å². The van der Waals surface area contributed by atoms with E-state index in [0.29, 0.717) is 18.5 Å². The Morgan fingerprint density at radius 2 is 2.38 bits per heavy atom. The molecule has 3 heteroatoms. The van der Waals surface area contributed by atoms with Crippen molar-refractivity contribution in [2.75, 3.05) is 33.4 Å². The van der Waals surface area contributed by atoms with Crippen LogP contribution in [0, 0.1) is 5.92 Å². The van der Waals surface area contributed by atoms with Crippen molar-refractivity contribution in [1.82, 2.24) is 10.2 Å². The van der Waals surface area contributed by atoms with E-state index in [4.69, 9.17) is 0 Å². The predicted octanol–water partition coefficient (Wildman–Crippen LogP) is 1.28. The summed E-state index contributed by atoms with van der Waals surface area (Å²) in [5, 5.41) is 3.28. The van der Waals surface area contributed by atoms with Crippen LogP contribution in [-0.4, -0.2) is 44.3 Å². The summed E-state index contributed by atoms with van der Waals surface area (Å²) in [7, 11) is 2.00. The van der Waals surface area contributed by atoms with Crippen LogP contribution in [0.4, 0.5) is 4.39 Å². The van der Waals surface area contributed by atoms with Crippen LogP contribution in [0.3, 0.4) is 0 Å². The maximum absolute atomic E-state index is 12.1. The summed E-state index contributed by atoms with van der Waals surface area (Å²) in [6.45, 7) is 4.76. The molecule has 0 aromatic carbocycles. The lowest BCUT2D eigenvalue weighted by Crippen LogP contribution is -2.44. The Balaban J connectivity index is 2.32. The van der Waals surface area contributed by atoms with Gasteiger partial charge in [-0.3, -0.25) is 0 Å². The second-order valence-electron chi connectivity index (χ2n) is 3.97. The van der Waals surface area contributed by atoms with Gasteiger partial charge in [0.25, 0.3) is 0 Å². The van der Waals surface area contributed by atoms with E-state index in [1.807, 2.05) is 7.05 Å². The Morgan fingerprint density at radius 3 is 3.00 bits per heavy atom. The van der Waals surface area contributed by atoms with Crippen LogP contribution in [0.25, 0.3) is 0 Å². The molecule has 2 nitrogen and oxygen atoms in total. The summed E-state index contributed by atoms with van der Waals surface area (Å²) in [4.78, 5) is 2.24. The van der Waals surface area contributed by atoms with Crippen molar-refractivity contribution >= 4 is 0 Å². The Labute approximate surface area is 80.5 Å². The summed E-state index contributed by atoms with van der Waals surface area (Å²) in [6.07, 6.45) is 2.50. The van der Waals surface area contributed by atoms with Gasteiger partial charge in [-0.2, -0.15) is 0 Å². The van der Waals surface area contributed by atoms with Gasteiger partial charge in [-0.05, 0) is 39.3 Å². The first kappa shape index (κ1) is 10.9. The van der Waals surface area contributed by atoms with Gasteiger partial charge < -0.3 is 10.2 Å². The van der Waals surface area contributed by atoms with Crippen molar-refractivity contribution in [2.24, 2.45) is 5.92 Å². The minimum Gasteiger partial charge on any atom is -0.317 e. The molecule has 0 aromatic rings. The fourth-order valence-corrected chi connectivity index (χ4v) is 2.06. The molecule has 0 saturated carbocycles. The van der Waals surface area contributed by atoms with Gasteiger partial charge in [-0.25, -0.2) is 4.39 Å². The number of alkyl halides is 1. The third-order valence-corrected chi connectivity index (χ3v) is 3.11. The number of piperidine rings is 1. The average molecular weight is 188 g/mol. The van der Waals surface area contributed by atoms with Crippen LogP contribution in [0.2, 0.25) is 0 Å². The molecule has 78 valence electrons. The fourth-order valence-electron chi connectivity index (χ4n) is 2.06. The SMILES string of the molecule is CNC(C)C1CCCN(CCF)C1. The first-order chi connectivity index (χ1) is 6.27. The van der Waals surface area contributed by atoms with Crippen molar-refractivity contribution in [3.63, 3.8) is 0 Å². The molecule has 2 unspecified atom stereocenters. The largest absolute Gasteiger partial charge is 0.317 e. The van der Waals surface area contributed by atoms with Gasteiger partial charge in [-0.1, -0.05) is 0 Å². The first-order valence-electron chi connectivity index (χ1n) is 5.23. The second kappa shape index (κ2) is 5.55. The van der Waals surface area contributed by atoms with Gasteiger partial charge in [-0.15, -0.1) is 0 Å². The molecule has 2 atom stereocenters. The van der Waals surface area contributed by atoms with E-state index in [2.05, 4.69) is 17.1 Å². The molecule has 0 aromatic heterocycles. The van der Waals surface area contributed by atoms with E-state index >= 15 is 0 Å². The minimum absolute atomic E-state index is 0.208. The molecule has 0 bridgehead atoms. The summed E-state index contributed by atoms with van der Waals surface area (Å²) >= 11 is 0. The molecule has 0 amide bonds. The van der Waals surface area contributed by atoms with Crippen LogP contribution >= 0.6 is 0 Å². The highest BCUT2D eigenvalue weighted by atomic mass is 19.1. The Morgan fingerprint density at radius 1 is 1.62 bits per heavy atom. The number of rotatable bonds is 4. The van der Waals surface area contributed by atoms with E-state index in [1.54, 1.807) is 0 Å². The molecular formula is C10H21FN2. The normalized spacial score (nSPS) is 27.5. The molecule has 1 heterocycles. The zero-order valence-corrected chi connectivity index (χ0v) is 8.72. The Bertz CT molecular complexity index is 139. The molecule has 1 aliphatic heterocycles. The smallest absolute Gasteiger partial charge is 0.102 e. The Kier molecular flexibility index (Phi) is 4.67. The maximum Gasteiger partial charge on any atom is 0.102 e. The van der Waals surface area contributed by atoms with Crippen LogP contribution in [0.1, 0.15) is 19.8 Å². The van der Waals surface area contributed by atoms with Gasteiger partial charge in [0.1, 0.15) is 6.67 Å². The van der Waals surface area contributed by atoms with Crippen molar-refractivity contribution in [2.45, 2.75) is 25.8 Å². The number of hydrogen-bond donors (Lipinski definition) is 1. The van der Waals surface area contributed by atoms with E-state index in [9.17, 15) is 4.39 Å². The quantitative estimate of drug-likeness (QED) is 0.715. The molecule has 1 rings (SSSR count). The van der Waals surface area contributed by atoms with Gasteiger partial charge in [0.2, 0.25) is 0 Å². The highest BCUT2D eigenvalue weighted by molar-refractivity contribution is 4.79. The lowest BCUT2D eigenvalue weighted by Gasteiger charge is -2.35. The van der Waals surface area contributed by atoms with Gasteiger partial charge in [0.15, 0.2) is 0 Å². The first-order valence-corrected chi connectivity index (χ1v) is 5.23. The van der Waals surface area contributed by atoms with Gasteiger partial charge >= 0.3 is 0 Å². The third-order valence-electron chi connectivity index (χ3n) is 3.11. The maximum atomic E-state index is 12.1. The van der Waals surface area contributed by atoms with E-state index in [1.165, 1.54) is 12.8 Å². The molecular weight excluding hydrogens is 167 g/mol. The summed E-state index contributed by atoms with van der Waals surface area (Å²) in [6, 6.07) is 0.558. The number of halogens is 1. The lowest BCUT2D eigenvalue weighted by atomic mass is 9.92. The predicted molar refractivity (Wildman–Crippen MR) is 53.7 cm³/mol. The number of nitrogens with one attached hydrogen (secondary N) is 1. The Hall–Kier alpha value is -0.150. The van der Waals surface area contributed by atoms with E-state index in [0.717, 1.165) is 13.1 Å². The highest BCUT2D eigenvalue weighted by Gasteiger charge is 2.23. The molecule has 1 aliphatic rings. The van der Waals surface area contributed by atoms with Crippen molar-refractivity contribution < 1.29 is 4.39 Å². The lowest BCUT2D eigenvalue weighted by molar-refractivity contribution is 0.144. The number of hydrogen-bond acceptors (Lipinski definition) is 2. The highest BCUT2D eigenvalue weighted by Crippen LogP contribution is 2.19. The van der Waals surface area contributed by atoms with E-state index < -0.39 is 0 Å². The molecule has 0 spiro atoms. The van der Waals surface area contributed by atoms with E-state index in [-0.39, 0.29) is 6.67 Å². The third kappa shape index (κ3) is 3.24. The summed E-state index contributed by atoms with van der Waals surface area (Å²) in [5.41, 5.74) is 0. The van der Waals surface area contributed by atoms with Crippen molar-refractivity contribution in [1.29, 1.82) is 0 Å². The number of nitrogens with zero attached hydrogens (tertiary/aromatic N) is 1. The van der Waals surface area contributed by atoms with Crippen LogP contribution < -0.4 is 5.32 Å². The standard InChI is InChI=1S/C10H21FN2/c1-9(12-2)10-4-3-6-13(8-10)7-5-11/h9-10,12H,3-8H2,1-2H3. The zero-order valence-electron chi connectivity index (χ0n) is 8.72. The fraction of sp³-hybridized carbons (Fsp3) is 1.00. The monoisotopic (exact) mass is 188 g/mol. The van der Waals surface area contributed by atoms with Gasteiger partial charge in [0.05, 0.1) is 0 Å². The second-order valence-corrected chi connectivity index (χ2v) is 3.97. The molecule has 0 aliphatic carbocycles. The molecule has 1 fully saturated rings. The summed E-state index contributed by atoms with van der Waals surface area (Å²) in [5.74, 6) is 0.699. The summed E-state index contributed by atoms with van der Waals surface area (Å²) < 4.78 is 12.1. The van der Waals surface area contributed by atoms with Crippen molar-refractivity contribution in [3.05, 3.63) is 0 Å². The van der Waals surface area contributed by atoms with Crippen molar-refractivity contribution in [3.8, 4) is 0 Å². The molecule has 1 saturated heterocycles.